The van der Waals surface area contributed by atoms with Gasteiger partial charge in [0, 0.05) is 0 Å². The summed E-state index contributed by atoms with van der Waals surface area (Å²) in [6, 6.07) is 0. The molecule has 0 aliphatic rings. The Bertz CT molecular complexity index is 570. The molecule has 1 unspecified atom stereocenters. The average molecular weight is 592 g/mol. The van der Waals surface area contributed by atoms with E-state index >= 15 is 0 Å². The van der Waals surface area contributed by atoms with Crippen molar-refractivity contribution in [2.45, 2.75) is 219 Å². The van der Waals surface area contributed by atoms with Crippen molar-refractivity contribution in [1.29, 1.82) is 0 Å². The highest BCUT2D eigenvalue weighted by Crippen LogP contribution is 2.19. The fourth-order valence-corrected chi connectivity index (χ4v) is 6.26. The van der Waals surface area contributed by atoms with Crippen LogP contribution in [0.2, 0.25) is 0 Å². The molecule has 5 nitrogen and oxygen atoms in total. The smallest absolute Gasteiger partial charge is 0.344 e. The van der Waals surface area contributed by atoms with Crippen LogP contribution in [-0.2, 0) is 14.6 Å². The predicted molar refractivity (Wildman–Crippen MR) is 176 cm³/mol. The van der Waals surface area contributed by atoms with E-state index in [0.717, 1.165) is 38.5 Å². The largest absolute Gasteiger partial charge is 0.397 e. The maximum absolute atomic E-state index is 11.3. The molecule has 0 saturated carbocycles. The quantitative estimate of drug-likeness (QED) is 0.0584. The highest BCUT2D eigenvalue weighted by Gasteiger charge is 2.16. The van der Waals surface area contributed by atoms with Gasteiger partial charge in [0.25, 0.3) is 0 Å². The maximum Gasteiger partial charge on any atom is 0.397 e. The molecule has 0 aromatic carbocycles. The summed E-state index contributed by atoms with van der Waals surface area (Å²) in [5, 5.41) is 0. The molecule has 0 radical (unpaired) electrons. The molecule has 0 aromatic heterocycles. The number of rotatable bonds is 33. The zero-order chi connectivity index (χ0) is 28.7. The molecular weight excluding hydrogens is 518 g/mol. The third kappa shape index (κ3) is 35.9. The highest BCUT2D eigenvalue weighted by molar-refractivity contribution is 7.80. The molecule has 0 saturated heterocycles. The first-order valence-corrected chi connectivity index (χ1v) is 19.0. The molecular formula is C34H73NO4S. The van der Waals surface area contributed by atoms with E-state index in [1.165, 1.54) is 161 Å². The Balaban J connectivity index is 0. The van der Waals surface area contributed by atoms with Crippen LogP contribution in [-0.4, -0.2) is 19.1 Å². The minimum absolute atomic E-state index is 0. The summed E-state index contributed by atoms with van der Waals surface area (Å²) >= 11 is 0. The number of hydrogen-bond donors (Lipinski definition) is 2. The molecule has 0 bridgehead atoms. The van der Waals surface area contributed by atoms with E-state index in [9.17, 15) is 13.0 Å². The molecule has 0 aromatic rings. The molecule has 0 aliphatic carbocycles. The summed E-state index contributed by atoms with van der Waals surface area (Å²) in [4.78, 5) is 0. The average Bonchev–Trinajstić information content (AvgIpc) is 2.90. The van der Waals surface area contributed by atoms with Gasteiger partial charge in [-0.25, -0.2) is 4.18 Å². The molecule has 0 heterocycles. The number of hydrogen-bond acceptors (Lipinski definition) is 4. The Morgan fingerprint density at radius 3 is 0.825 bits per heavy atom. The molecule has 6 heteroatoms. The van der Waals surface area contributed by atoms with Crippen LogP contribution in [0.15, 0.2) is 0 Å². The van der Waals surface area contributed by atoms with Gasteiger partial charge in [0.05, 0.1) is 6.10 Å². The molecule has 40 heavy (non-hydrogen) atoms. The Morgan fingerprint density at radius 1 is 0.425 bits per heavy atom. The van der Waals surface area contributed by atoms with Crippen molar-refractivity contribution in [3.8, 4) is 0 Å². The van der Waals surface area contributed by atoms with Gasteiger partial charge in [-0.3, -0.25) is 4.55 Å². The Labute approximate surface area is 252 Å². The van der Waals surface area contributed by atoms with Crippen LogP contribution in [0.5, 0.6) is 0 Å². The normalized spacial score (nSPS) is 12.5. The summed E-state index contributed by atoms with van der Waals surface area (Å²) in [5.41, 5.74) is 0. The lowest BCUT2D eigenvalue weighted by Crippen LogP contribution is -2.18. The fourth-order valence-electron chi connectivity index (χ4n) is 5.72. The lowest BCUT2D eigenvalue weighted by Gasteiger charge is -2.15. The lowest BCUT2D eigenvalue weighted by atomic mass is 10.0. The van der Waals surface area contributed by atoms with Crippen molar-refractivity contribution in [3.63, 3.8) is 0 Å². The standard InChI is InChI=1S/C34H70O4S.H3N/c1-3-5-7-9-11-13-15-17-19-21-23-25-27-29-31-33-34(38-39(35,36)37)32-30-28-26-24-22-20-18-16-14-12-10-8-6-4-2;/h34H,3-33H2,1-2H3,(H,35,36,37);1H3. The third-order valence-electron chi connectivity index (χ3n) is 8.27. The molecule has 0 aliphatic heterocycles. The van der Waals surface area contributed by atoms with Crippen molar-refractivity contribution >= 4 is 10.4 Å². The zero-order valence-electron chi connectivity index (χ0n) is 27.3. The van der Waals surface area contributed by atoms with Crippen molar-refractivity contribution < 1.29 is 17.2 Å². The molecule has 0 rings (SSSR count). The van der Waals surface area contributed by atoms with Gasteiger partial charge >= 0.3 is 10.4 Å². The van der Waals surface area contributed by atoms with Crippen LogP contribution in [0, 0.1) is 0 Å². The summed E-state index contributed by atoms with van der Waals surface area (Å²) < 4.78 is 36.7. The monoisotopic (exact) mass is 592 g/mol. The first kappa shape index (κ1) is 42.0. The van der Waals surface area contributed by atoms with Crippen LogP contribution in [0.1, 0.15) is 213 Å². The van der Waals surface area contributed by atoms with Crippen LogP contribution in [0.25, 0.3) is 0 Å². The van der Waals surface area contributed by atoms with Gasteiger partial charge in [0.2, 0.25) is 0 Å². The first-order valence-electron chi connectivity index (χ1n) is 17.6. The Hall–Kier alpha value is -0.170. The third-order valence-corrected chi connectivity index (χ3v) is 8.78. The van der Waals surface area contributed by atoms with Gasteiger partial charge in [-0.2, -0.15) is 8.42 Å². The van der Waals surface area contributed by atoms with Crippen LogP contribution in [0.3, 0.4) is 0 Å². The highest BCUT2D eigenvalue weighted by atomic mass is 32.3. The van der Waals surface area contributed by atoms with E-state index < -0.39 is 10.4 Å². The van der Waals surface area contributed by atoms with Crippen LogP contribution >= 0.6 is 0 Å². The van der Waals surface area contributed by atoms with E-state index in [1.54, 1.807) is 0 Å². The van der Waals surface area contributed by atoms with E-state index in [4.69, 9.17) is 4.18 Å². The molecule has 0 amide bonds. The van der Waals surface area contributed by atoms with Crippen LogP contribution < -0.4 is 6.15 Å². The second kappa shape index (κ2) is 33.3. The van der Waals surface area contributed by atoms with E-state index in [1.807, 2.05) is 0 Å². The summed E-state index contributed by atoms with van der Waals surface area (Å²) in [7, 11) is -4.36. The van der Waals surface area contributed by atoms with Gasteiger partial charge < -0.3 is 6.15 Å². The van der Waals surface area contributed by atoms with Crippen molar-refractivity contribution in [3.05, 3.63) is 0 Å². The van der Waals surface area contributed by atoms with Crippen molar-refractivity contribution in [2.75, 3.05) is 0 Å². The van der Waals surface area contributed by atoms with Gasteiger partial charge in [0.1, 0.15) is 0 Å². The second-order valence-corrected chi connectivity index (χ2v) is 13.3. The van der Waals surface area contributed by atoms with Gasteiger partial charge in [-0.05, 0) is 12.8 Å². The maximum atomic E-state index is 11.3. The first-order chi connectivity index (χ1) is 19.0. The van der Waals surface area contributed by atoms with Crippen molar-refractivity contribution in [2.24, 2.45) is 0 Å². The lowest BCUT2D eigenvalue weighted by molar-refractivity contribution is 0.157. The summed E-state index contributed by atoms with van der Waals surface area (Å²) in [6.45, 7) is 4.55. The molecule has 1 atom stereocenters. The fraction of sp³-hybridized carbons (Fsp3) is 1.00. The van der Waals surface area contributed by atoms with E-state index in [0.29, 0.717) is 0 Å². The number of unbranched alkanes of at least 4 members (excludes halogenated alkanes) is 27. The zero-order valence-corrected chi connectivity index (χ0v) is 28.1. The van der Waals surface area contributed by atoms with Gasteiger partial charge in [-0.15, -0.1) is 0 Å². The summed E-state index contributed by atoms with van der Waals surface area (Å²) in [5.74, 6) is 0. The van der Waals surface area contributed by atoms with E-state index in [2.05, 4.69) is 13.8 Å². The van der Waals surface area contributed by atoms with E-state index in [-0.39, 0.29) is 12.3 Å². The van der Waals surface area contributed by atoms with Gasteiger partial charge in [-0.1, -0.05) is 200 Å². The van der Waals surface area contributed by atoms with Gasteiger partial charge in [0.15, 0.2) is 0 Å². The topological polar surface area (TPSA) is 98.6 Å². The minimum atomic E-state index is -4.36. The summed E-state index contributed by atoms with van der Waals surface area (Å²) in [6.07, 6.45) is 39.3. The molecule has 244 valence electrons. The van der Waals surface area contributed by atoms with Crippen molar-refractivity contribution in [1.82, 2.24) is 6.15 Å². The van der Waals surface area contributed by atoms with Crippen LogP contribution in [0.4, 0.5) is 0 Å². The molecule has 4 N–H and O–H groups in total. The SMILES string of the molecule is CCCCCCCCCCCCCCCCCC(CCCCCCCCCCCCCCCC)OS(=O)(=O)O.N. The predicted octanol–water partition coefficient (Wildman–Crippen LogP) is 12.5. The molecule has 0 fully saturated rings. The minimum Gasteiger partial charge on any atom is -0.344 e. The molecule has 0 spiro atoms. The Kier molecular flexibility index (Phi) is 35.0. The second-order valence-electron chi connectivity index (χ2n) is 12.3. The Morgan fingerprint density at radius 2 is 0.625 bits per heavy atom.